The Kier molecular flexibility index (Phi) is 4.08. The molecule has 0 aromatic heterocycles. The molecule has 0 spiro atoms. The summed E-state index contributed by atoms with van der Waals surface area (Å²) >= 11 is 0. The van der Waals surface area contributed by atoms with Gasteiger partial charge in [0.15, 0.2) is 0 Å². The molecule has 1 aliphatic carbocycles. The number of carbonyl (C=O) groups is 1. The Morgan fingerprint density at radius 1 is 1.42 bits per heavy atom. The van der Waals surface area contributed by atoms with E-state index in [1.165, 1.54) is 25.3 Å². The van der Waals surface area contributed by atoms with Crippen molar-refractivity contribution in [3.05, 3.63) is 29.6 Å². The number of hydrogen-bond donors (Lipinski definition) is 1. The van der Waals surface area contributed by atoms with Gasteiger partial charge in [0.1, 0.15) is 5.82 Å². The molecule has 0 radical (unpaired) electrons. The average molecular weight is 265 g/mol. The molecule has 1 aliphatic rings. The molecule has 0 bridgehead atoms. The number of methoxy groups -OCH3 is 1. The second-order valence-corrected chi connectivity index (χ2v) is 5.50. The van der Waals surface area contributed by atoms with Crippen molar-refractivity contribution in [3.63, 3.8) is 0 Å². The van der Waals surface area contributed by atoms with Crippen LogP contribution in [0.15, 0.2) is 18.2 Å². The molecule has 19 heavy (non-hydrogen) atoms. The first-order chi connectivity index (χ1) is 9.01. The highest BCUT2D eigenvalue weighted by atomic mass is 19.1. The third-order valence-corrected chi connectivity index (χ3v) is 3.86. The fourth-order valence-corrected chi connectivity index (χ4v) is 2.42. The van der Waals surface area contributed by atoms with Gasteiger partial charge in [0.05, 0.1) is 18.4 Å². The molecule has 0 atom stereocenters. The minimum atomic E-state index is -0.447. The monoisotopic (exact) mass is 265 g/mol. The molecule has 104 valence electrons. The van der Waals surface area contributed by atoms with Gasteiger partial charge in [0, 0.05) is 6.04 Å². The maximum Gasteiger partial charge on any atom is 0.337 e. The van der Waals surface area contributed by atoms with Crippen molar-refractivity contribution >= 4 is 11.7 Å². The summed E-state index contributed by atoms with van der Waals surface area (Å²) in [6, 6.07) is 4.55. The number of halogens is 1. The van der Waals surface area contributed by atoms with E-state index in [4.69, 9.17) is 0 Å². The van der Waals surface area contributed by atoms with Crippen LogP contribution in [0.2, 0.25) is 0 Å². The van der Waals surface area contributed by atoms with Crippen LogP contribution in [-0.2, 0) is 4.74 Å². The first-order valence-electron chi connectivity index (χ1n) is 6.65. The van der Waals surface area contributed by atoms with Gasteiger partial charge in [-0.3, -0.25) is 0 Å². The Hall–Kier alpha value is -1.58. The Morgan fingerprint density at radius 2 is 2.11 bits per heavy atom. The number of hydrogen-bond acceptors (Lipinski definition) is 3. The average Bonchev–Trinajstić information content (AvgIpc) is 2.33. The van der Waals surface area contributed by atoms with Gasteiger partial charge in [-0.1, -0.05) is 13.8 Å². The maximum absolute atomic E-state index is 13.7. The van der Waals surface area contributed by atoms with E-state index in [1.54, 1.807) is 0 Å². The maximum atomic E-state index is 13.7. The van der Waals surface area contributed by atoms with Crippen LogP contribution in [-0.4, -0.2) is 19.1 Å². The van der Waals surface area contributed by atoms with Crippen molar-refractivity contribution in [1.82, 2.24) is 0 Å². The van der Waals surface area contributed by atoms with Gasteiger partial charge in [-0.2, -0.15) is 0 Å². The van der Waals surface area contributed by atoms with Crippen molar-refractivity contribution in [2.24, 2.45) is 11.8 Å². The Bertz CT molecular complexity index is 467. The normalized spacial score (nSPS) is 21.9. The number of benzene rings is 1. The van der Waals surface area contributed by atoms with E-state index >= 15 is 0 Å². The van der Waals surface area contributed by atoms with E-state index < -0.39 is 5.97 Å². The molecular formula is C15H20FNO2. The molecule has 1 aromatic carbocycles. The fourth-order valence-electron chi connectivity index (χ4n) is 2.42. The summed E-state index contributed by atoms with van der Waals surface area (Å²) in [5.41, 5.74) is 0.751. The van der Waals surface area contributed by atoms with Crippen molar-refractivity contribution in [2.75, 3.05) is 12.4 Å². The summed E-state index contributed by atoms with van der Waals surface area (Å²) in [7, 11) is 1.32. The number of carbonyl (C=O) groups excluding carboxylic acids is 1. The zero-order valence-corrected chi connectivity index (χ0v) is 11.6. The molecule has 0 aliphatic heterocycles. The van der Waals surface area contributed by atoms with Crippen LogP contribution in [0.4, 0.5) is 10.1 Å². The Morgan fingerprint density at radius 3 is 2.68 bits per heavy atom. The van der Waals surface area contributed by atoms with E-state index in [0.717, 1.165) is 12.8 Å². The minimum absolute atomic E-state index is 0.301. The molecule has 1 fully saturated rings. The van der Waals surface area contributed by atoms with Gasteiger partial charge >= 0.3 is 5.97 Å². The second-order valence-electron chi connectivity index (χ2n) is 5.50. The van der Waals surface area contributed by atoms with Gasteiger partial charge < -0.3 is 10.1 Å². The highest BCUT2D eigenvalue weighted by molar-refractivity contribution is 5.90. The van der Waals surface area contributed by atoms with Gasteiger partial charge in [-0.05, 0) is 42.9 Å². The quantitative estimate of drug-likeness (QED) is 0.847. The first-order valence-corrected chi connectivity index (χ1v) is 6.65. The summed E-state index contributed by atoms with van der Waals surface area (Å²) < 4.78 is 18.3. The number of ether oxygens (including phenoxy) is 1. The molecule has 1 saturated carbocycles. The first kappa shape index (κ1) is 13.8. The summed E-state index contributed by atoms with van der Waals surface area (Å²) in [5.74, 6) is 0.603. The predicted octanol–water partition coefficient (Wildman–Crippen LogP) is 3.46. The van der Waals surface area contributed by atoms with Gasteiger partial charge in [-0.15, -0.1) is 0 Å². The summed E-state index contributed by atoms with van der Waals surface area (Å²) in [6.07, 6.45) is 2.11. The lowest BCUT2D eigenvalue weighted by molar-refractivity contribution is 0.0600. The van der Waals surface area contributed by atoms with E-state index in [1.807, 2.05) is 0 Å². The van der Waals surface area contributed by atoms with Gasteiger partial charge in [0.2, 0.25) is 0 Å². The van der Waals surface area contributed by atoms with E-state index in [9.17, 15) is 9.18 Å². The topological polar surface area (TPSA) is 38.3 Å². The highest BCUT2D eigenvalue weighted by Crippen LogP contribution is 2.36. The molecule has 4 heteroatoms. The van der Waals surface area contributed by atoms with Crippen LogP contribution in [0.3, 0.4) is 0 Å². The minimum Gasteiger partial charge on any atom is -0.465 e. The molecule has 0 amide bonds. The Labute approximate surface area is 113 Å². The van der Waals surface area contributed by atoms with Crippen LogP contribution in [0, 0.1) is 17.7 Å². The highest BCUT2D eigenvalue weighted by Gasteiger charge is 2.31. The summed E-state index contributed by atoms with van der Waals surface area (Å²) in [5, 5.41) is 3.17. The van der Waals surface area contributed by atoms with Gasteiger partial charge in [-0.25, -0.2) is 9.18 Å². The van der Waals surface area contributed by atoms with E-state index in [2.05, 4.69) is 23.9 Å². The number of nitrogens with one attached hydrogen (secondary N) is 1. The second kappa shape index (κ2) is 5.59. The lowest BCUT2D eigenvalue weighted by Gasteiger charge is -2.39. The van der Waals surface area contributed by atoms with Crippen LogP contribution in [0.25, 0.3) is 0 Å². The van der Waals surface area contributed by atoms with Crippen LogP contribution >= 0.6 is 0 Å². The largest absolute Gasteiger partial charge is 0.465 e. The van der Waals surface area contributed by atoms with E-state index in [0.29, 0.717) is 29.1 Å². The molecule has 2 rings (SSSR count). The van der Waals surface area contributed by atoms with Crippen LogP contribution in [0.1, 0.15) is 37.0 Å². The fraction of sp³-hybridized carbons (Fsp3) is 0.533. The van der Waals surface area contributed by atoms with Crippen LogP contribution < -0.4 is 5.32 Å². The van der Waals surface area contributed by atoms with Crippen molar-refractivity contribution in [1.29, 1.82) is 0 Å². The third-order valence-electron chi connectivity index (χ3n) is 3.86. The number of esters is 1. The predicted molar refractivity (Wildman–Crippen MR) is 72.7 cm³/mol. The third kappa shape index (κ3) is 3.06. The van der Waals surface area contributed by atoms with Gasteiger partial charge in [0.25, 0.3) is 0 Å². The van der Waals surface area contributed by atoms with Crippen molar-refractivity contribution < 1.29 is 13.9 Å². The molecule has 0 unspecified atom stereocenters. The Balaban J connectivity index is 2.02. The molecule has 3 nitrogen and oxygen atoms in total. The van der Waals surface area contributed by atoms with Crippen molar-refractivity contribution in [3.8, 4) is 0 Å². The number of rotatable bonds is 4. The van der Waals surface area contributed by atoms with Crippen molar-refractivity contribution in [2.45, 2.75) is 32.7 Å². The lowest BCUT2D eigenvalue weighted by atomic mass is 9.73. The smallest absolute Gasteiger partial charge is 0.337 e. The zero-order chi connectivity index (χ0) is 14.0. The SMILES string of the molecule is COC(=O)c1ccc(F)c(NC2CC(C(C)C)C2)c1. The summed E-state index contributed by atoms with van der Waals surface area (Å²) in [4.78, 5) is 11.4. The summed E-state index contributed by atoms with van der Waals surface area (Å²) in [6.45, 7) is 4.42. The standard InChI is InChI=1S/C15H20FNO2/c1-9(2)11-6-12(7-11)17-14-8-10(15(18)19-3)4-5-13(14)16/h4-5,8-9,11-12,17H,6-7H2,1-3H3. The van der Waals surface area contributed by atoms with E-state index in [-0.39, 0.29) is 5.82 Å². The molecular weight excluding hydrogens is 245 g/mol. The number of anilines is 1. The molecule has 1 N–H and O–H groups in total. The zero-order valence-electron chi connectivity index (χ0n) is 11.6. The van der Waals surface area contributed by atoms with Crippen LogP contribution in [0.5, 0.6) is 0 Å². The molecule has 1 aromatic rings. The molecule has 0 saturated heterocycles. The lowest BCUT2D eigenvalue weighted by Crippen LogP contribution is -2.38. The molecule has 0 heterocycles.